The lowest BCUT2D eigenvalue weighted by Gasteiger charge is -2.58. The normalized spacial score (nSPS) is 34.2. The van der Waals surface area contributed by atoms with Crippen LogP contribution in [0.4, 0.5) is 4.39 Å². The SMILES string of the molecule is C=C1C2c3ccc(F)cc3[Si](C)(C)C1C2C. The van der Waals surface area contributed by atoms with Crippen molar-refractivity contribution in [3.05, 3.63) is 41.7 Å². The molecule has 2 heterocycles. The maximum atomic E-state index is 13.4. The van der Waals surface area contributed by atoms with E-state index in [0.29, 0.717) is 17.4 Å². The molecule has 1 saturated carbocycles. The van der Waals surface area contributed by atoms with Crippen LogP contribution >= 0.6 is 0 Å². The molecule has 4 rings (SSSR count). The summed E-state index contributed by atoms with van der Waals surface area (Å²) in [5.41, 5.74) is 3.42. The van der Waals surface area contributed by atoms with Crippen LogP contribution in [0.25, 0.3) is 0 Å². The first-order valence-corrected chi connectivity index (χ1v) is 9.01. The van der Waals surface area contributed by atoms with E-state index < -0.39 is 8.07 Å². The van der Waals surface area contributed by atoms with Crippen molar-refractivity contribution in [3.8, 4) is 0 Å². The Balaban J connectivity index is 2.27. The van der Waals surface area contributed by atoms with Crippen molar-refractivity contribution in [2.75, 3.05) is 0 Å². The minimum absolute atomic E-state index is 0.0844. The Morgan fingerprint density at radius 2 is 2.00 bits per heavy atom. The van der Waals surface area contributed by atoms with E-state index in [2.05, 4.69) is 26.6 Å². The molecule has 3 aliphatic rings. The third-order valence-electron chi connectivity index (χ3n) is 4.67. The van der Waals surface area contributed by atoms with Crippen LogP contribution in [-0.2, 0) is 0 Å². The molecule has 2 heteroatoms. The molecule has 0 aromatic heterocycles. The van der Waals surface area contributed by atoms with Gasteiger partial charge in [0.25, 0.3) is 0 Å². The van der Waals surface area contributed by atoms with E-state index in [1.165, 1.54) is 16.3 Å². The maximum absolute atomic E-state index is 13.4. The van der Waals surface area contributed by atoms with Gasteiger partial charge in [-0.3, -0.25) is 0 Å². The van der Waals surface area contributed by atoms with Crippen LogP contribution in [0.5, 0.6) is 0 Å². The summed E-state index contributed by atoms with van der Waals surface area (Å²) in [5, 5.41) is 1.33. The third-order valence-corrected chi connectivity index (χ3v) is 8.95. The average molecular weight is 232 g/mol. The van der Waals surface area contributed by atoms with Gasteiger partial charge < -0.3 is 0 Å². The summed E-state index contributed by atoms with van der Waals surface area (Å²) in [5.74, 6) is 1.13. The summed E-state index contributed by atoms with van der Waals surface area (Å²) in [6, 6.07) is 5.36. The van der Waals surface area contributed by atoms with Gasteiger partial charge in [-0.25, -0.2) is 4.39 Å². The van der Waals surface area contributed by atoms with E-state index >= 15 is 0 Å². The zero-order valence-electron chi connectivity index (χ0n) is 10.0. The molecule has 0 spiro atoms. The highest BCUT2D eigenvalue weighted by Gasteiger charge is 2.56. The van der Waals surface area contributed by atoms with E-state index in [1.54, 1.807) is 12.1 Å². The molecule has 3 unspecified atom stereocenters. The van der Waals surface area contributed by atoms with Gasteiger partial charge in [0.1, 0.15) is 5.82 Å². The summed E-state index contributed by atoms with van der Waals surface area (Å²) in [6.45, 7) is 11.3. The fourth-order valence-electron chi connectivity index (χ4n) is 4.07. The lowest BCUT2D eigenvalue weighted by molar-refractivity contribution is 0.375. The fourth-order valence-corrected chi connectivity index (χ4v) is 8.51. The molecule has 0 N–H and O–H groups in total. The molecular weight excluding hydrogens is 215 g/mol. The van der Waals surface area contributed by atoms with Crippen molar-refractivity contribution in [3.63, 3.8) is 0 Å². The van der Waals surface area contributed by atoms with E-state index in [1.807, 2.05) is 6.07 Å². The Kier molecular flexibility index (Phi) is 1.84. The zero-order chi connectivity index (χ0) is 11.7. The predicted molar refractivity (Wildman–Crippen MR) is 68.3 cm³/mol. The van der Waals surface area contributed by atoms with Gasteiger partial charge in [0.15, 0.2) is 0 Å². The van der Waals surface area contributed by atoms with Crippen molar-refractivity contribution < 1.29 is 4.39 Å². The van der Waals surface area contributed by atoms with Gasteiger partial charge in [-0.1, -0.05) is 43.4 Å². The molecule has 0 amide bonds. The van der Waals surface area contributed by atoms with Gasteiger partial charge in [0, 0.05) is 5.92 Å². The number of hydrogen-bond acceptors (Lipinski definition) is 0. The molecule has 0 radical (unpaired) electrons. The molecule has 16 heavy (non-hydrogen) atoms. The molecule has 0 nitrogen and oxygen atoms in total. The summed E-state index contributed by atoms with van der Waals surface area (Å²) >= 11 is 0. The lowest BCUT2D eigenvalue weighted by atomic mass is 9.66. The molecule has 84 valence electrons. The minimum Gasteiger partial charge on any atom is -0.207 e. The van der Waals surface area contributed by atoms with Crippen molar-refractivity contribution in [1.82, 2.24) is 0 Å². The van der Waals surface area contributed by atoms with Crippen LogP contribution in [0, 0.1) is 11.7 Å². The smallest absolute Gasteiger partial charge is 0.123 e. The van der Waals surface area contributed by atoms with Crippen molar-refractivity contribution in [2.24, 2.45) is 5.92 Å². The number of rotatable bonds is 0. The highest BCUT2D eigenvalue weighted by molar-refractivity contribution is 6.92. The Morgan fingerprint density at radius 1 is 1.31 bits per heavy atom. The van der Waals surface area contributed by atoms with Crippen LogP contribution in [0.2, 0.25) is 18.6 Å². The second-order valence-corrected chi connectivity index (χ2v) is 10.4. The van der Waals surface area contributed by atoms with Gasteiger partial charge in [0.05, 0.1) is 8.07 Å². The lowest BCUT2D eigenvalue weighted by Crippen LogP contribution is -2.61. The monoisotopic (exact) mass is 232 g/mol. The summed E-state index contributed by atoms with van der Waals surface area (Å²) in [4.78, 5) is 0. The zero-order valence-corrected chi connectivity index (χ0v) is 11.0. The van der Waals surface area contributed by atoms with Gasteiger partial charge in [-0.15, -0.1) is 0 Å². The topological polar surface area (TPSA) is 0 Å². The number of allylic oxidation sites excluding steroid dienone is 1. The van der Waals surface area contributed by atoms with Crippen molar-refractivity contribution in [1.29, 1.82) is 0 Å². The van der Waals surface area contributed by atoms with Crippen LogP contribution in [0.1, 0.15) is 18.4 Å². The fraction of sp³-hybridized carbons (Fsp3) is 0.429. The van der Waals surface area contributed by atoms with Crippen LogP contribution in [0.3, 0.4) is 0 Å². The quantitative estimate of drug-likeness (QED) is 0.475. The van der Waals surface area contributed by atoms with Crippen LogP contribution in [-0.4, -0.2) is 8.07 Å². The molecular formula is C14H17FSi. The van der Waals surface area contributed by atoms with Crippen LogP contribution in [0.15, 0.2) is 30.4 Å². The molecule has 2 bridgehead atoms. The first kappa shape index (κ1) is 10.3. The average Bonchev–Trinajstić information content (AvgIpc) is 2.18. The van der Waals surface area contributed by atoms with Gasteiger partial charge >= 0.3 is 0 Å². The molecule has 0 saturated heterocycles. The van der Waals surface area contributed by atoms with Gasteiger partial charge in [0.2, 0.25) is 0 Å². The van der Waals surface area contributed by atoms with Crippen molar-refractivity contribution >= 4 is 13.3 Å². The second-order valence-electron chi connectivity index (χ2n) is 5.84. The van der Waals surface area contributed by atoms with Crippen LogP contribution < -0.4 is 5.19 Å². The number of hydrogen-bond donors (Lipinski definition) is 0. The summed E-state index contributed by atoms with van der Waals surface area (Å²) < 4.78 is 13.4. The Labute approximate surface area is 97.2 Å². The van der Waals surface area contributed by atoms with E-state index in [-0.39, 0.29) is 5.82 Å². The largest absolute Gasteiger partial charge is 0.207 e. The summed E-state index contributed by atoms with van der Waals surface area (Å²) in [7, 11) is -1.55. The Morgan fingerprint density at radius 3 is 2.62 bits per heavy atom. The van der Waals surface area contributed by atoms with Gasteiger partial charge in [-0.2, -0.15) is 0 Å². The molecule has 2 aliphatic heterocycles. The van der Waals surface area contributed by atoms with E-state index in [0.717, 1.165) is 0 Å². The van der Waals surface area contributed by atoms with E-state index in [4.69, 9.17) is 0 Å². The first-order valence-electron chi connectivity index (χ1n) is 5.93. The highest BCUT2D eigenvalue weighted by atomic mass is 28.3. The first-order chi connectivity index (χ1) is 7.44. The molecule has 1 aliphatic carbocycles. The standard InChI is InChI=1S/C14H17FSi/c1-8-13-9(2)14(8)16(3,4)12-7-10(15)5-6-11(12)13/h5-7,9,13-14H,1H2,2-4H3. The van der Waals surface area contributed by atoms with E-state index in [9.17, 15) is 4.39 Å². The maximum Gasteiger partial charge on any atom is 0.123 e. The molecule has 1 aromatic rings. The summed E-state index contributed by atoms with van der Waals surface area (Å²) in [6.07, 6.45) is 0. The molecule has 1 aromatic carbocycles. The predicted octanol–water partition coefficient (Wildman–Crippen LogP) is 3.41. The van der Waals surface area contributed by atoms with Crippen molar-refractivity contribution in [2.45, 2.75) is 31.5 Å². The van der Waals surface area contributed by atoms with Gasteiger partial charge in [-0.05, 0) is 29.2 Å². The minimum atomic E-state index is -1.55. The number of halogens is 1. The Hall–Kier alpha value is -0.893. The number of benzene rings is 1. The molecule has 1 fully saturated rings. The third kappa shape index (κ3) is 0.988. The second kappa shape index (κ2) is 2.86. The molecule has 3 atom stereocenters. The Bertz CT molecular complexity index is 490. The highest BCUT2D eigenvalue weighted by Crippen LogP contribution is 2.61.